The van der Waals surface area contributed by atoms with Crippen LogP contribution in [0.1, 0.15) is 45.0 Å². The SMILES string of the molecule is CC1(C)C(c2ccnc(-c3cc(C(=O)O)cc(-c4cc(C(=O)O)ccn4)n3)c2)=CC=C1c1cc2cc3sccc3cc2s1. The van der Waals surface area contributed by atoms with Gasteiger partial charge in [-0.3, -0.25) is 9.97 Å². The molecule has 1 aliphatic carbocycles. The lowest BCUT2D eigenvalue weighted by Crippen LogP contribution is -2.13. The molecule has 0 fully saturated rings. The molecule has 7 nitrogen and oxygen atoms in total. The van der Waals surface area contributed by atoms with Gasteiger partial charge in [0.25, 0.3) is 0 Å². The number of carbonyl (C=O) groups is 2. The highest BCUT2D eigenvalue weighted by Crippen LogP contribution is 2.52. The zero-order valence-electron chi connectivity index (χ0n) is 23.0. The first-order chi connectivity index (χ1) is 20.7. The van der Waals surface area contributed by atoms with Crippen molar-refractivity contribution >= 4 is 65.9 Å². The van der Waals surface area contributed by atoms with Crippen molar-refractivity contribution in [3.05, 3.63) is 112 Å². The maximum absolute atomic E-state index is 12.0. The van der Waals surface area contributed by atoms with Gasteiger partial charge in [0.2, 0.25) is 0 Å². The van der Waals surface area contributed by atoms with Crippen molar-refractivity contribution in [2.75, 3.05) is 0 Å². The van der Waals surface area contributed by atoms with Gasteiger partial charge in [-0.1, -0.05) is 26.0 Å². The maximum Gasteiger partial charge on any atom is 0.335 e. The highest BCUT2D eigenvalue weighted by molar-refractivity contribution is 7.20. The van der Waals surface area contributed by atoms with Gasteiger partial charge in [-0.25, -0.2) is 14.6 Å². The summed E-state index contributed by atoms with van der Waals surface area (Å²) in [6.07, 6.45) is 7.39. The van der Waals surface area contributed by atoms with Crippen LogP contribution in [0.5, 0.6) is 0 Å². The third-order valence-corrected chi connectivity index (χ3v) is 9.81. The van der Waals surface area contributed by atoms with Gasteiger partial charge < -0.3 is 10.2 Å². The second-order valence-electron chi connectivity index (χ2n) is 10.8. The molecule has 0 saturated carbocycles. The molecule has 1 aliphatic rings. The number of thiophene rings is 2. The third kappa shape index (κ3) is 4.72. The number of fused-ring (bicyclic) bond motifs is 2. The molecule has 0 amide bonds. The molecule has 0 radical (unpaired) electrons. The fourth-order valence-corrected chi connectivity index (χ4v) is 7.66. The van der Waals surface area contributed by atoms with E-state index in [0.717, 1.165) is 11.1 Å². The monoisotopic (exact) mass is 601 g/mol. The van der Waals surface area contributed by atoms with E-state index in [4.69, 9.17) is 0 Å². The van der Waals surface area contributed by atoms with Crippen LogP contribution in [-0.4, -0.2) is 37.1 Å². The van der Waals surface area contributed by atoms with Crippen LogP contribution >= 0.6 is 22.7 Å². The standard InChI is InChI=1S/C34H23N3O4S2/c1-34(2)23(3-4-24(34)31-17-21-16-29-19(7-10-42-29)15-30(21)43-31)18-5-8-35-25(11-18)27-13-22(33(40)41)14-28(37-27)26-12-20(32(38)39)6-9-36-26/h3-17H,1-2H3,(H,38,39)(H,40,41). The molecule has 7 rings (SSSR count). The molecule has 2 N–H and O–H groups in total. The van der Waals surface area contributed by atoms with E-state index < -0.39 is 11.9 Å². The minimum absolute atomic E-state index is 0.00345. The van der Waals surface area contributed by atoms with E-state index in [0.29, 0.717) is 11.4 Å². The van der Waals surface area contributed by atoms with Gasteiger partial charge in [0.1, 0.15) is 0 Å². The Morgan fingerprint density at radius 1 is 0.698 bits per heavy atom. The summed E-state index contributed by atoms with van der Waals surface area (Å²) in [4.78, 5) is 38.2. The Labute approximate surface area is 254 Å². The number of allylic oxidation sites excluding steroid dienone is 4. The number of carboxylic acid groups (broad SMARTS) is 2. The van der Waals surface area contributed by atoms with Crippen LogP contribution < -0.4 is 0 Å². The number of aromatic carboxylic acids is 2. The molecule has 1 aromatic carbocycles. The van der Waals surface area contributed by atoms with E-state index in [2.05, 4.69) is 70.6 Å². The van der Waals surface area contributed by atoms with Crippen LogP contribution in [0.25, 0.3) is 54.1 Å². The average molecular weight is 602 g/mol. The van der Waals surface area contributed by atoms with Crippen LogP contribution in [0.3, 0.4) is 0 Å². The zero-order valence-corrected chi connectivity index (χ0v) is 24.7. The van der Waals surface area contributed by atoms with Gasteiger partial charge in [-0.15, -0.1) is 22.7 Å². The summed E-state index contributed by atoms with van der Waals surface area (Å²) < 4.78 is 2.55. The highest BCUT2D eigenvalue weighted by atomic mass is 32.1. The van der Waals surface area contributed by atoms with Crippen molar-refractivity contribution in [2.45, 2.75) is 13.8 Å². The first kappa shape index (κ1) is 26.9. The number of aromatic nitrogens is 3. The number of hydrogen-bond donors (Lipinski definition) is 2. The van der Waals surface area contributed by atoms with Crippen LogP contribution in [0.2, 0.25) is 0 Å². The lowest BCUT2D eigenvalue weighted by Gasteiger charge is -2.27. The Morgan fingerprint density at radius 2 is 1.35 bits per heavy atom. The number of pyridine rings is 3. The summed E-state index contributed by atoms with van der Waals surface area (Å²) >= 11 is 3.55. The van der Waals surface area contributed by atoms with Crippen LogP contribution in [0.15, 0.2) is 90.6 Å². The summed E-state index contributed by atoms with van der Waals surface area (Å²) in [6, 6.07) is 18.4. The molecule has 9 heteroatoms. The van der Waals surface area contributed by atoms with Gasteiger partial charge in [0, 0.05) is 32.1 Å². The number of nitrogens with zero attached hydrogens (tertiary/aromatic N) is 3. The van der Waals surface area contributed by atoms with Gasteiger partial charge in [0.05, 0.1) is 33.9 Å². The molecule has 0 saturated heterocycles. The molecular formula is C34H23N3O4S2. The Bertz CT molecular complexity index is 2140. The van der Waals surface area contributed by atoms with Crippen LogP contribution in [0.4, 0.5) is 0 Å². The van der Waals surface area contributed by atoms with Crippen molar-refractivity contribution in [3.8, 4) is 22.8 Å². The Kier molecular flexibility index (Phi) is 6.30. The lowest BCUT2D eigenvalue weighted by molar-refractivity contribution is 0.0686. The number of carboxylic acids is 2. The molecular weight excluding hydrogens is 579 g/mol. The molecule has 0 unspecified atom stereocenters. The van der Waals surface area contributed by atoms with Gasteiger partial charge in [-0.05, 0) is 93.5 Å². The molecule has 5 aromatic heterocycles. The highest BCUT2D eigenvalue weighted by Gasteiger charge is 2.34. The second-order valence-corrected chi connectivity index (χ2v) is 12.9. The van der Waals surface area contributed by atoms with Crippen molar-refractivity contribution in [1.82, 2.24) is 15.0 Å². The second kappa shape index (κ2) is 10.1. The van der Waals surface area contributed by atoms with Crippen LogP contribution in [-0.2, 0) is 0 Å². The van der Waals surface area contributed by atoms with Crippen molar-refractivity contribution < 1.29 is 19.8 Å². The van der Waals surface area contributed by atoms with Gasteiger partial charge in [0.15, 0.2) is 0 Å². The topological polar surface area (TPSA) is 113 Å². The molecule has 210 valence electrons. The quantitative estimate of drug-likeness (QED) is 0.197. The Morgan fingerprint density at radius 3 is 2.09 bits per heavy atom. The zero-order chi connectivity index (χ0) is 29.9. The number of benzene rings is 1. The lowest BCUT2D eigenvalue weighted by atomic mass is 9.77. The Hall–Kier alpha value is -4.99. The largest absolute Gasteiger partial charge is 0.478 e. The van der Waals surface area contributed by atoms with Crippen molar-refractivity contribution in [1.29, 1.82) is 0 Å². The normalized spacial score (nSPS) is 14.2. The van der Waals surface area contributed by atoms with Crippen LogP contribution in [0, 0.1) is 5.41 Å². The van der Waals surface area contributed by atoms with Gasteiger partial charge >= 0.3 is 11.9 Å². The Balaban J connectivity index is 1.24. The predicted octanol–water partition coefficient (Wildman–Crippen LogP) is 8.54. The summed E-state index contributed by atoms with van der Waals surface area (Å²) in [5, 5.41) is 23.9. The predicted molar refractivity (Wildman–Crippen MR) is 172 cm³/mol. The van der Waals surface area contributed by atoms with E-state index in [-0.39, 0.29) is 27.9 Å². The third-order valence-electron chi connectivity index (χ3n) is 7.80. The fourth-order valence-electron chi connectivity index (χ4n) is 5.56. The average Bonchev–Trinajstić information content (AvgIpc) is 3.71. The van der Waals surface area contributed by atoms with Gasteiger partial charge in [-0.2, -0.15) is 0 Å². The smallest absolute Gasteiger partial charge is 0.335 e. The molecule has 6 aromatic rings. The first-order valence-corrected chi connectivity index (χ1v) is 15.1. The van der Waals surface area contributed by atoms with E-state index >= 15 is 0 Å². The summed E-state index contributed by atoms with van der Waals surface area (Å²) in [7, 11) is 0. The van der Waals surface area contributed by atoms with E-state index in [1.165, 1.54) is 61.1 Å². The minimum Gasteiger partial charge on any atom is -0.478 e. The molecule has 0 aliphatic heterocycles. The van der Waals surface area contributed by atoms with E-state index in [9.17, 15) is 19.8 Å². The molecule has 5 heterocycles. The molecule has 0 bridgehead atoms. The molecule has 0 spiro atoms. The summed E-state index contributed by atoms with van der Waals surface area (Å²) in [6.45, 7) is 4.42. The van der Waals surface area contributed by atoms with E-state index in [1.807, 2.05) is 12.1 Å². The number of hydrogen-bond acceptors (Lipinski definition) is 7. The van der Waals surface area contributed by atoms with E-state index in [1.54, 1.807) is 28.9 Å². The molecule has 0 atom stereocenters. The summed E-state index contributed by atoms with van der Waals surface area (Å²) in [5.41, 5.74) is 4.43. The van der Waals surface area contributed by atoms with Crippen molar-refractivity contribution in [3.63, 3.8) is 0 Å². The van der Waals surface area contributed by atoms with Crippen molar-refractivity contribution in [2.24, 2.45) is 5.41 Å². The minimum atomic E-state index is -1.13. The molecule has 43 heavy (non-hydrogen) atoms. The summed E-state index contributed by atoms with van der Waals surface area (Å²) in [5.74, 6) is -2.24. The first-order valence-electron chi connectivity index (χ1n) is 13.4. The number of rotatable bonds is 6. The maximum atomic E-state index is 12.0. The fraction of sp³-hybridized carbons (Fsp3) is 0.0882.